The van der Waals surface area contributed by atoms with Crippen molar-refractivity contribution in [2.24, 2.45) is 0 Å². The van der Waals surface area contributed by atoms with Crippen LogP contribution in [0.15, 0.2) is 48.5 Å². The van der Waals surface area contributed by atoms with E-state index < -0.39 is 12.0 Å². The molecule has 0 saturated heterocycles. The molecule has 0 spiro atoms. The topological polar surface area (TPSA) is 58.6 Å². The van der Waals surface area contributed by atoms with Gasteiger partial charge in [0.2, 0.25) is 0 Å². The Morgan fingerprint density at radius 3 is 2.55 bits per heavy atom. The number of carboxylic acids is 1. The van der Waals surface area contributed by atoms with Crippen LogP contribution in [0.25, 0.3) is 0 Å². The summed E-state index contributed by atoms with van der Waals surface area (Å²) in [6.07, 6.45) is 0. The Labute approximate surface area is 130 Å². The molecule has 0 aromatic heterocycles. The van der Waals surface area contributed by atoms with Gasteiger partial charge < -0.3 is 15.2 Å². The number of benzene rings is 2. The summed E-state index contributed by atoms with van der Waals surface area (Å²) in [5.74, 6) is -0.0915. The highest BCUT2D eigenvalue weighted by molar-refractivity contribution is 5.72. The van der Waals surface area contributed by atoms with Gasteiger partial charge in [0.05, 0.1) is 0 Å². The van der Waals surface area contributed by atoms with Gasteiger partial charge >= 0.3 is 5.97 Å². The Morgan fingerprint density at radius 1 is 1.18 bits per heavy atom. The van der Waals surface area contributed by atoms with Gasteiger partial charge in [0.15, 0.2) is 0 Å². The maximum absolute atomic E-state index is 10.8. The van der Waals surface area contributed by atoms with E-state index in [1.807, 2.05) is 36.4 Å². The number of rotatable bonds is 7. The quantitative estimate of drug-likeness (QED) is 0.824. The molecule has 116 valence electrons. The summed E-state index contributed by atoms with van der Waals surface area (Å²) in [4.78, 5) is 10.8. The minimum absolute atomic E-state index is 0.456. The first kappa shape index (κ1) is 16.0. The monoisotopic (exact) mass is 299 g/mol. The molecular formula is C18H21NO3. The highest BCUT2D eigenvalue weighted by Gasteiger charge is 2.11. The molecular weight excluding hydrogens is 278 g/mol. The van der Waals surface area contributed by atoms with Crippen molar-refractivity contribution < 1.29 is 14.6 Å². The lowest BCUT2D eigenvalue weighted by Crippen LogP contribution is -2.33. The van der Waals surface area contributed by atoms with Crippen LogP contribution in [0.5, 0.6) is 5.75 Å². The summed E-state index contributed by atoms with van der Waals surface area (Å²) in [7, 11) is 0. The van der Waals surface area contributed by atoms with Crippen LogP contribution in [0.3, 0.4) is 0 Å². The number of aryl methyl sites for hydroxylation is 1. The van der Waals surface area contributed by atoms with Crippen molar-refractivity contribution in [3.05, 3.63) is 65.2 Å². The molecule has 4 heteroatoms. The summed E-state index contributed by atoms with van der Waals surface area (Å²) in [5, 5.41) is 11.9. The zero-order valence-corrected chi connectivity index (χ0v) is 12.9. The molecule has 0 amide bonds. The van der Waals surface area contributed by atoms with Crippen molar-refractivity contribution in [1.29, 1.82) is 0 Å². The minimum Gasteiger partial charge on any atom is -0.489 e. The largest absolute Gasteiger partial charge is 0.489 e. The van der Waals surface area contributed by atoms with Gasteiger partial charge in [0.1, 0.15) is 18.4 Å². The first-order valence-corrected chi connectivity index (χ1v) is 7.28. The third-order valence-corrected chi connectivity index (χ3v) is 3.46. The average molecular weight is 299 g/mol. The molecule has 0 aliphatic carbocycles. The molecule has 22 heavy (non-hydrogen) atoms. The number of hydrogen-bond donors (Lipinski definition) is 2. The SMILES string of the molecule is Cc1ccc(COc2ccccc2CNC(C)C(=O)O)cc1. The van der Waals surface area contributed by atoms with Crippen molar-refractivity contribution in [1.82, 2.24) is 5.32 Å². The van der Waals surface area contributed by atoms with Gasteiger partial charge in [-0.1, -0.05) is 48.0 Å². The second-order valence-electron chi connectivity index (χ2n) is 5.32. The molecule has 1 atom stereocenters. The van der Waals surface area contributed by atoms with Gasteiger partial charge in [-0.25, -0.2) is 0 Å². The molecule has 0 radical (unpaired) electrons. The van der Waals surface area contributed by atoms with Crippen molar-refractivity contribution >= 4 is 5.97 Å². The fourth-order valence-corrected chi connectivity index (χ4v) is 1.99. The molecule has 0 heterocycles. The number of carbonyl (C=O) groups is 1. The number of carboxylic acid groups (broad SMARTS) is 1. The Morgan fingerprint density at radius 2 is 1.86 bits per heavy atom. The molecule has 2 rings (SSSR count). The first-order valence-electron chi connectivity index (χ1n) is 7.28. The van der Waals surface area contributed by atoms with Gasteiger partial charge in [-0.05, 0) is 25.5 Å². The Bertz CT molecular complexity index is 622. The standard InChI is InChI=1S/C18H21NO3/c1-13-7-9-15(10-8-13)12-22-17-6-4-3-5-16(17)11-19-14(2)18(20)21/h3-10,14,19H,11-12H2,1-2H3,(H,20,21). The molecule has 2 aromatic rings. The van der Waals surface area contributed by atoms with Crippen LogP contribution in [-0.4, -0.2) is 17.1 Å². The van der Waals surface area contributed by atoms with E-state index in [0.717, 1.165) is 16.9 Å². The highest BCUT2D eigenvalue weighted by Crippen LogP contribution is 2.19. The molecule has 0 fully saturated rings. The van der Waals surface area contributed by atoms with Crippen LogP contribution in [-0.2, 0) is 17.9 Å². The predicted octanol–water partition coefficient (Wildman–Crippen LogP) is 3.14. The molecule has 4 nitrogen and oxygen atoms in total. The summed E-state index contributed by atoms with van der Waals surface area (Å²) in [6.45, 7) is 4.62. The van der Waals surface area contributed by atoms with E-state index in [2.05, 4.69) is 24.4 Å². The normalized spacial score (nSPS) is 11.9. The van der Waals surface area contributed by atoms with E-state index in [0.29, 0.717) is 13.2 Å². The number of para-hydroxylation sites is 1. The summed E-state index contributed by atoms with van der Waals surface area (Å²) < 4.78 is 5.87. The maximum atomic E-state index is 10.8. The number of aliphatic carboxylic acids is 1. The lowest BCUT2D eigenvalue weighted by Gasteiger charge is -2.14. The van der Waals surface area contributed by atoms with Crippen LogP contribution in [0, 0.1) is 6.92 Å². The number of ether oxygens (including phenoxy) is 1. The van der Waals surface area contributed by atoms with Crippen LogP contribution in [0.2, 0.25) is 0 Å². The van der Waals surface area contributed by atoms with Crippen LogP contribution in [0.1, 0.15) is 23.6 Å². The van der Waals surface area contributed by atoms with Gasteiger partial charge in [0, 0.05) is 12.1 Å². The Balaban J connectivity index is 1.98. The van der Waals surface area contributed by atoms with Crippen LogP contribution >= 0.6 is 0 Å². The lowest BCUT2D eigenvalue weighted by molar-refractivity contribution is -0.139. The first-order chi connectivity index (χ1) is 10.6. The molecule has 2 aromatic carbocycles. The Kier molecular flexibility index (Phi) is 5.55. The van der Waals surface area contributed by atoms with Crippen molar-refractivity contribution in [3.63, 3.8) is 0 Å². The number of nitrogens with one attached hydrogen (secondary N) is 1. The second kappa shape index (κ2) is 7.61. The summed E-state index contributed by atoms with van der Waals surface area (Å²) >= 11 is 0. The lowest BCUT2D eigenvalue weighted by atomic mass is 10.1. The second-order valence-corrected chi connectivity index (χ2v) is 5.32. The van der Waals surface area contributed by atoms with E-state index in [1.165, 1.54) is 5.56 Å². The average Bonchev–Trinajstić information content (AvgIpc) is 2.52. The van der Waals surface area contributed by atoms with Crippen LogP contribution in [0.4, 0.5) is 0 Å². The molecule has 0 aliphatic heterocycles. The van der Waals surface area contributed by atoms with Crippen molar-refractivity contribution in [3.8, 4) is 5.75 Å². The fourth-order valence-electron chi connectivity index (χ4n) is 1.99. The zero-order valence-electron chi connectivity index (χ0n) is 12.9. The maximum Gasteiger partial charge on any atom is 0.320 e. The van der Waals surface area contributed by atoms with Gasteiger partial charge in [0.25, 0.3) is 0 Å². The molecule has 1 unspecified atom stereocenters. The third kappa shape index (κ3) is 4.60. The van der Waals surface area contributed by atoms with Gasteiger partial charge in [-0.2, -0.15) is 0 Å². The minimum atomic E-state index is -0.863. The van der Waals surface area contributed by atoms with E-state index in [1.54, 1.807) is 6.92 Å². The highest BCUT2D eigenvalue weighted by atomic mass is 16.5. The zero-order chi connectivity index (χ0) is 15.9. The smallest absolute Gasteiger partial charge is 0.320 e. The van der Waals surface area contributed by atoms with Crippen molar-refractivity contribution in [2.45, 2.75) is 33.0 Å². The van der Waals surface area contributed by atoms with Gasteiger partial charge in [-0.3, -0.25) is 4.79 Å². The van der Waals surface area contributed by atoms with Crippen LogP contribution < -0.4 is 10.1 Å². The molecule has 2 N–H and O–H groups in total. The van der Waals surface area contributed by atoms with E-state index in [9.17, 15) is 4.79 Å². The fraction of sp³-hybridized carbons (Fsp3) is 0.278. The van der Waals surface area contributed by atoms with E-state index in [4.69, 9.17) is 9.84 Å². The predicted molar refractivity (Wildman–Crippen MR) is 85.9 cm³/mol. The molecule has 0 aliphatic rings. The molecule has 0 bridgehead atoms. The summed E-state index contributed by atoms with van der Waals surface area (Å²) in [5.41, 5.74) is 3.27. The Hall–Kier alpha value is -2.33. The van der Waals surface area contributed by atoms with E-state index in [-0.39, 0.29) is 0 Å². The number of hydrogen-bond acceptors (Lipinski definition) is 3. The molecule has 0 saturated carbocycles. The summed E-state index contributed by atoms with van der Waals surface area (Å²) in [6, 6.07) is 15.3. The van der Waals surface area contributed by atoms with E-state index >= 15 is 0 Å². The van der Waals surface area contributed by atoms with Gasteiger partial charge in [-0.15, -0.1) is 0 Å². The van der Waals surface area contributed by atoms with Crippen molar-refractivity contribution in [2.75, 3.05) is 0 Å². The third-order valence-electron chi connectivity index (χ3n) is 3.46.